The van der Waals surface area contributed by atoms with Gasteiger partial charge in [0.2, 0.25) is 0 Å². The molecule has 3 saturated carbocycles. The number of halogens is 1. The summed E-state index contributed by atoms with van der Waals surface area (Å²) in [5.74, 6) is 5.46. The summed E-state index contributed by atoms with van der Waals surface area (Å²) in [4.78, 5) is 0. The van der Waals surface area contributed by atoms with E-state index in [1.54, 1.807) is 5.57 Å². The highest BCUT2D eigenvalue weighted by atomic mass is 127. The zero-order valence-corrected chi connectivity index (χ0v) is 21.6. The molecule has 0 aromatic carbocycles. The molecule has 0 saturated heterocycles. The summed E-state index contributed by atoms with van der Waals surface area (Å²) in [6.07, 6.45) is 17.2. The van der Waals surface area contributed by atoms with Crippen LogP contribution in [0.15, 0.2) is 11.6 Å². The summed E-state index contributed by atoms with van der Waals surface area (Å²) in [7, 11) is 0. The van der Waals surface area contributed by atoms with Crippen LogP contribution in [0.1, 0.15) is 98.3 Å². The number of fused-ring (bicyclic) bond motifs is 5. The van der Waals surface area contributed by atoms with Crippen molar-refractivity contribution in [3.8, 4) is 0 Å². The highest BCUT2D eigenvalue weighted by Gasteiger charge is 2.59. The molecule has 3 unspecified atom stereocenters. The van der Waals surface area contributed by atoms with Crippen LogP contribution < -0.4 is 0 Å². The summed E-state index contributed by atoms with van der Waals surface area (Å²) in [5.41, 5.74) is 2.65. The van der Waals surface area contributed by atoms with E-state index in [2.05, 4.69) is 56.4 Å². The maximum absolute atomic E-state index is 10.3. The molecule has 8 atom stereocenters. The molecule has 0 amide bonds. The Morgan fingerprint density at radius 1 is 1.07 bits per heavy atom. The first-order chi connectivity index (χ1) is 13.8. The minimum absolute atomic E-state index is 0.0784. The quantitative estimate of drug-likeness (QED) is 0.219. The van der Waals surface area contributed by atoms with Crippen molar-refractivity contribution in [2.75, 3.05) is 4.43 Å². The highest BCUT2D eigenvalue weighted by Crippen LogP contribution is 2.67. The first kappa shape index (κ1) is 22.6. The number of allylic oxidation sites excluding steroid dienone is 1. The molecule has 0 aliphatic heterocycles. The van der Waals surface area contributed by atoms with Gasteiger partial charge in [-0.05, 0) is 92.3 Å². The number of aliphatic hydroxyl groups is 1. The molecule has 0 heterocycles. The van der Waals surface area contributed by atoms with E-state index in [0.717, 1.165) is 48.3 Å². The maximum Gasteiger partial charge on any atom is 0.0577 e. The van der Waals surface area contributed by atoms with Gasteiger partial charge in [-0.2, -0.15) is 0 Å². The number of hydrogen-bond donors (Lipinski definition) is 1. The van der Waals surface area contributed by atoms with Crippen molar-refractivity contribution in [1.29, 1.82) is 0 Å². The van der Waals surface area contributed by atoms with E-state index in [1.165, 1.54) is 62.2 Å². The molecule has 166 valence electrons. The van der Waals surface area contributed by atoms with E-state index >= 15 is 0 Å². The van der Waals surface area contributed by atoms with Gasteiger partial charge >= 0.3 is 0 Å². The van der Waals surface area contributed by atoms with Crippen LogP contribution >= 0.6 is 22.6 Å². The van der Waals surface area contributed by atoms with Crippen LogP contribution in [0.3, 0.4) is 0 Å². The van der Waals surface area contributed by atoms with Crippen LogP contribution in [0.2, 0.25) is 0 Å². The molecule has 0 radical (unpaired) electrons. The van der Waals surface area contributed by atoms with Crippen LogP contribution in [0, 0.1) is 46.3 Å². The third kappa shape index (κ3) is 3.89. The zero-order valence-electron chi connectivity index (χ0n) is 19.4. The van der Waals surface area contributed by atoms with Crippen LogP contribution in [0.5, 0.6) is 0 Å². The van der Waals surface area contributed by atoms with E-state index in [9.17, 15) is 5.11 Å². The third-order valence-corrected chi connectivity index (χ3v) is 11.6. The maximum atomic E-state index is 10.3. The second-order valence-electron chi connectivity index (χ2n) is 12.1. The first-order valence-corrected chi connectivity index (χ1v) is 14.3. The Kier molecular flexibility index (Phi) is 6.83. The lowest BCUT2D eigenvalue weighted by Gasteiger charge is -2.59. The SMILES string of the molecule is CC(C)CCC[C@@H](C)[C@H]1CCC2C3CC=C4C[C@@H](O)CC[C@]4(CI)C3CC[C@@]21C. The zero-order chi connectivity index (χ0) is 20.8. The average Bonchev–Trinajstić information content (AvgIpc) is 3.04. The molecule has 1 nitrogen and oxygen atoms in total. The Labute approximate surface area is 194 Å². The molecule has 4 aliphatic rings. The molecule has 4 aliphatic carbocycles. The van der Waals surface area contributed by atoms with Crippen LogP contribution in [-0.2, 0) is 0 Å². The second-order valence-corrected chi connectivity index (χ2v) is 12.8. The fourth-order valence-electron chi connectivity index (χ4n) is 8.71. The minimum Gasteiger partial charge on any atom is -0.393 e. The van der Waals surface area contributed by atoms with Gasteiger partial charge in [0.05, 0.1) is 6.10 Å². The van der Waals surface area contributed by atoms with Crippen molar-refractivity contribution in [1.82, 2.24) is 0 Å². The number of rotatable bonds is 6. The molecule has 0 bridgehead atoms. The fraction of sp³-hybridized carbons (Fsp3) is 0.926. The largest absolute Gasteiger partial charge is 0.393 e. The average molecular weight is 513 g/mol. The van der Waals surface area contributed by atoms with Gasteiger partial charge in [-0.3, -0.25) is 0 Å². The molecular formula is C27H45IO. The van der Waals surface area contributed by atoms with E-state index in [4.69, 9.17) is 0 Å². The van der Waals surface area contributed by atoms with Crippen molar-refractivity contribution in [3.63, 3.8) is 0 Å². The van der Waals surface area contributed by atoms with E-state index in [-0.39, 0.29) is 6.10 Å². The Bertz CT molecular complexity index is 612. The van der Waals surface area contributed by atoms with Crippen molar-refractivity contribution < 1.29 is 5.11 Å². The molecule has 2 heteroatoms. The molecular weight excluding hydrogens is 467 g/mol. The molecule has 1 N–H and O–H groups in total. The van der Waals surface area contributed by atoms with Crippen molar-refractivity contribution in [2.45, 2.75) is 104 Å². The number of hydrogen-bond acceptors (Lipinski definition) is 1. The Morgan fingerprint density at radius 2 is 1.86 bits per heavy atom. The first-order valence-electron chi connectivity index (χ1n) is 12.8. The monoisotopic (exact) mass is 512 g/mol. The van der Waals surface area contributed by atoms with Crippen LogP contribution in [0.25, 0.3) is 0 Å². The topological polar surface area (TPSA) is 20.2 Å². The normalized spacial score (nSPS) is 45.3. The highest BCUT2D eigenvalue weighted by molar-refractivity contribution is 14.1. The molecule has 0 aromatic rings. The minimum atomic E-state index is -0.0784. The predicted octanol–water partition coefficient (Wildman–Crippen LogP) is 7.80. The van der Waals surface area contributed by atoms with Crippen molar-refractivity contribution >= 4 is 22.6 Å². The molecule has 0 spiro atoms. The van der Waals surface area contributed by atoms with Gasteiger partial charge in [0.15, 0.2) is 0 Å². The lowest BCUT2D eigenvalue weighted by atomic mass is 9.47. The molecule has 3 fully saturated rings. The third-order valence-electron chi connectivity index (χ3n) is 10.2. The van der Waals surface area contributed by atoms with Gasteiger partial charge in [-0.25, -0.2) is 0 Å². The summed E-state index contributed by atoms with van der Waals surface area (Å²) in [6.45, 7) is 10.0. The Morgan fingerprint density at radius 3 is 2.59 bits per heavy atom. The lowest BCUT2D eigenvalue weighted by molar-refractivity contribution is -0.0548. The van der Waals surface area contributed by atoms with Gasteiger partial charge < -0.3 is 5.11 Å². The van der Waals surface area contributed by atoms with Crippen LogP contribution in [0.4, 0.5) is 0 Å². The van der Waals surface area contributed by atoms with Gasteiger partial charge in [0, 0.05) is 9.84 Å². The lowest BCUT2D eigenvalue weighted by Crippen LogP contribution is -2.52. The molecule has 29 heavy (non-hydrogen) atoms. The van der Waals surface area contributed by atoms with Gasteiger partial charge in [0.25, 0.3) is 0 Å². The number of alkyl halides is 1. The fourth-order valence-corrected chi connectivity index (χ4v) is 10.1. The van der Waals surface area contributed by atoms with Crippen LogP contribution in [-0.4, -0.2) is 15.6 Å². The predicted molar refractivity (Wildman–Crippen MR) is 132 cm³/mol. The van der Waals surface area contributed by atoms with E-state index in [0.29, 0.717) is 10.8 Å². The summed E-state index contributed by atoms with van der Waals surface area (Å²) in [6, 6.07) is 0. The number of aliphatic hydroxyl groups excluding tert-OH is 1. The van der Waals surface area contributed by atoms with Crippen molar-refractivity contribution in [2.24, 2.45) is 46.3 Å². The Balaban J connectivity index is 1.51. The summed E-state index contributed by atoms with van der Waals surface area (Å²) >= 11 is 2.68. The second kappa shape index (κ2) is 8.75. The van der Waals surface area contributed by atoms with Gasteiger partial charge in [-0.1, -0.05) is 81.2 Å². The van der Waals surface area contributed by atoms with Gasteiger partial charge in [-0.15, -0.1) is 0 Å². The molecule has 0 aromatic heterocycles. The summed E-state index contributed by atoms with van der Waals surface area (Å²) < 4.78 is 1.27. The summed E-state index contributed by atoms with van der Waals surface area (Å²) in [5, 5.41) is 10.3. The van der Waals surface area contributed by atoms with Crippen molar-refractivity contribution in [3.05, 3.63) is 11.6 Å². The molecule has 4 rings (SSSR count). The standard InChI is InChI=1S/C27H45IO/c1-18(2)6-5-7-19(3)23-10-11-24-22-9-8-20-16-21(29)12-15-27(20,17-28)25(22)13-14-26(23,24)4/h8,18-19,21-25,29H,5-7,9-17H2,1-4H3/t19-,21+,22?,23-,24?,25?,26-,27-/m1/s1. The van der Waals surface area contributed by atoms with E-state index in [1.807, 2.05) is 0 Å². The smallest absolute Gasteiger partial charge is 0.0577 e. The van der Waals surface area contributed by atoms with E-state index < -0.39 is 0 Å². The van der Waals surface area contributed by atoms with Gasteiger partial charge in [0.1, 0.15) is 0 Å². The Hall–Kier alpha value is 0.430.